The van der Waals surface area contributed by atoms with Gasteiger partial charge in [-0.2, -0.15) is 5.26 Å². The lowest BCUT2D eigenvalue weighted by molar-refractivity contribution is 0.643. The number of hydrogen-bond donors (Lipinski definition) is 0. The van der Waals surface area contributed by atoms with Gasteiger partial charge in [-0.25, -0.2) is 0 Å². The van der Waals surface area contributed by atoms with Gasteiger partial charge < -0.3 is 13.3 Å². The molecular formula is C59H32N6O3. The minimum Gasteiger partial charge on any atom is -0.439 e. The quantitative estimate of drug-likeness (QED) is 0.171. The van der Waals surface area contributed by atoms with Gasteiger partial charge in [0.1, 0.15) is 28.4 Å². The molecule has 9 nitrogen and oxygen atoms in total. The Morgan fingerprint density at radius 2 is 0.662 bits per heavy atom. The fourth-order valence-corrected chi connectivity index (χ4v) is 11.1. The van der Waals surface area contributed by atoms with Crippen LogP contribution < -0.4 is 0 Å². The monoisotopic (exact) mass is 872 g/mol. The van der Waals surface area contributed by atoms with Crippen molar-refractivity contribution in [3.8, 4) is 45.4 Å². The lowest BCUT2D eigenvalue weighted by Crippen LogP contribution is -2.13. The zero-order valence-electron chi connectivity index (χ0n) is 35.9. The van der Waals surface area contributed by atoms with Crippen LogP contribution in [0.5, 0.6) is 0 Å². The third kappa shape index (κ3) is 4.76. The van der Waals surface area contributed by atoms with Gasteiger partial charge >= 0.3 is 0 Å². The Balaban J connectivity index is 1.29. The molecule has 0 radical (unpaired) electrons. The van der Waals surface area contributed by atoms with Crippen LogP contribution in [0.1, 0.15) is 5.56 Å². The van der Waals surface area contributed by atoms with Crippen molar-refractivity contribution in [2.24, 2.45) is 0 Å². The second-order valence-corrected chi connectivity index (χ2v) is 17.1. The summed E-state index contributed by atoms with van der Waals surface area (Å²) in [6.45, 7) is 0. The highest BCUT2D eigenvalue weighted by Gasteiger charge is 2.36. The number of rotatable bonds is 5. The van der Waals surface area contributed by atoms with E-state index in [0.717, 1.165) is 110 Å². The molecule has 8 heterocycles. The predicted octanol–water partition coefficient (Wildman–Crippen LogP) is 15.2. The molecule has 0 fully saturated rings. The molecule has 15 aromatic rings. The number of benzene rings is 7. The van der Waals surface area contributed by atoms with Gasteiger partial charge in [0.15, 0.2) is 0 Å². The van der Waals surface area contributed by atoms with E-state index in [9.17, 15) is 5.26 Å². The molecule has 0 saturated carbocycles. The molecule has 0 amide bonds. The smallest absolute Gasteiger partial charge is 0.213 e. The number of furan rings is 3. The van der Waals surface area contributed by atoms with Gasteiger partial charge in [0.2, 0.25) is 17.1 Å². The maximum atomic E-state index is 12.4. The average molecular weight is 873 g/mol. The average Bonchev–Trinajstić information content (AvgIpc) is 4.24. The maximum Gasteiger partial charge on any atom is 0.213 e. The summed E-state index contributed by atoms with van der Waals surface area (Å²) in [6.07, 6.45) is 7.23. The van der Waals surface area contributed by atoms with Gasteiger partial charge in [-0.3, -0.25) is 23.7 Å². The standard InChI is InChI=1S/C59H32N6O3/c60-33-42-54(63-43-19-7-1-13-36(43)51-39-16-4-10-22-46(39)66-57(51)63)49(34-25-29-61-30-26-34)56(65-45-21-9-3-15-38(45)53-41-18-6-12-24-48(41)68-59(53)65)50(35-27-31-62-32-28-35)55(42)64-44-20-8-2-14-37(44)52-40-17-5-11-23-47(40)67-58(52)64/h1-32H. The van der Waals surface area contributed by atoms with E-state index < -0.39 is 0 Å². The van der Waals surface area contributed by atoms with Crippen LogP contribution in [-0.2, 0) is 0 Å². The van der Waals surface area contributed by atoms with E-state index in [4.69, 9.17) is 13.3 Å². The van der Waals surface area contributed by atoms with Crippen LogP contribution in [-0.4, -0.2) is 23.7 Å². The molecule has 0 unspecified atom stereocenters. The summed E-state index contributed by atoms with van der Waals surface area (Å²) >= 11 is 0. The Labute approximate surface area is 385 Å². The number of nitrogens with zero attached hydrogens (tertiary/aromatic N) is 6. The van der Waals surface area contributed by atoms with Crippen molar-refractivity contribution in [2.75, 3.05) is 0 Å². The third-order valence-corrected chi connectivity index (χ3v) is 13.7. The number of pyridine rings is 2. The van der Waals surface area contributed by atoms with E-state index in [1.165, 1.54) is 0 Å². The van der Waals surface area contributed by atoms with Crippen molar-refractivity contribution in [1.29, 1.82) is 5.26 Å². The lowest BCUT2D eigenvalue weighted by Gasteiger charge is -2.27. The Bertz CT molecular complexity index is 4420. The van der Waals surface area contributed by atoms with Gasteiger partial charge in [0.25, 0.3) is 0 Å². The van der Waals surface area contributed by atoms with Gasteiger partial charge in [-0.05, 0) is 71.8 Å². The maximum absolute atomic E-state index is 12.4. The van der Waals surface area contributed by atoms with Crippen LogP contribution in [0.25, 0.3) is 138 Å². The van der Waals surface area contributed by atoms with E-state index in [2.05, 4.69) is 115 Å². The minimum atomic E-state index is 0.399. The number of hydrogen-bond acceptors (Lipinski definition) is 6. The summed E-state index contributed by atoms with van der Waals surface area (Å²) < 4.78 is 27.7. The molecule has 0 N–H and O–H groups in total. The van der Waals surface area contributed by atoms with E-state index in [-0.39, 0.29) is 0 Å². The first-order chi connectivity index (χ1) is 33.8. The highest BCUT2D eigenvalue weighted by atomic mass is 16.4. The van der Waals surface area contributed by atoms with Crippen LogP contribution in [0.3, 0.4) is 0 Å². The summed E-state index contributed by atoms with van der Waals surface area (Å²) in [5.74, 6) is 0. The zero-order chi connectivity index (χ0) is 44.6. The number of aromatic nitrogens is 5. The van der Waals surface area contributed by atoms with Crippen LogP contribution in [0, 0.1) is 11.3 Å². The Kier molecular flexibility index (Phi) is 7.38. The summed E-state index contributed by atoms with van der Waals surface area (Å²) in [6, 6.07) is 60.5. The van der Waals surface area contributed by atoms with Crippen molar-refractivity contribution in [2.45, 2.75) is 0 Å². The summed E-state index contributed by atoms with van der Waals surface area (Å²) in [5, 5.41) is 21.3. The van der Waals surface area contributed by atoms with Crippen LogP contribution in [0.4, 0.5) is 0 Å². The predicted molar refractivity (Wildman–Crippen MR) is 270 cm³/mol. The normalized spacial score (nSPS) is 12.1. The first kappa shape index (κ1) is 36.7. The minimum absolute atomic E-state index is 0.399. The molecule has 0 bridgehead atoms. The Morgan fingerprint density at radius 3 is 1.01 bits per heavy atom. The molecule has 0 spiro atoms. The summed E-state index contributed by atoms with van der Waals surface area (Å²) in [4.78, 5) is 9.09. The molecule has 0 saturated heterocycles. The first-order valence-electron chi connectivity index (χ1n) is 22.4. The van der Waals surface area contributed by atoms with Crippen molar-refractivity contribution in [1.82, 2.24) is 23.7 Å². The van der Waals surface area contributed by atoms with Crippen molar-refractivity contribution in [3.05, 3.63) is 200 Å². The topological polar surface area (TPSA) is 104 Å². The highest BCUT2D eigenvalue weighted by Crippen LogP contribution is 2.53. The number of nitriles is 1. The van der Waals surface area contributed by atoms with E-state index in [1.807, 2.05) is 84.9 Å². The van der Waals surface area contributed by atoms with Crippen molar-refractivity contribution >= 4 is 98.9 Å². The van der Waals surface area contributed by atoms with Crippen molar-refractivity contribution in [3.63, 3.8) is 0 Å². The zero-order valence-corrected chi connectivity index (χ0v) is 35.9. The summed E-state index contributed by atoms with van der Waals surface area (Å²) in [5.41, 5.74) is 12.5. The Morgan fingerprint density at radius 1 is 0.353 bits per heavy atom. The lowest BCUT2D eigenvalue weighted by atomic mass is 9.89. The molecule has 0 aliphatic rings. The fraction of sp³-hybridized carbons (Fsp3) is 0. The largest absolute Gasteiger partial charge is 0.439 e. The molecule has 0 aliphatic carbocycles. The molecular weight excluding hydrogens is 841 g/mol. The summed E-state index contributed by atoms with van der Waals surface area (Å²) in [7, 11) is 0. The van der Waals surface area contributed by atoms with E-state index in [1.54, 1.807) is 24.8 Å². The highest BCUT2D eigenvalue weighted by molar-refractivity contribution is 6.24. The number of para-hydroxylation sites is 6. The fourth-order valence-electron chi connectivity index (χ4n) is 11.1. The first-order valence-corrected chi connectivity index (χ1v) is 22.4. The second kappa shape index (κ2) is 13.7. The molecule has 0 aliphatic heterocycles. The van der Waals surface area contributed by atoms with Gasteiger partial charge in [-0.1, -0.05) is 109 Å². The molecule has 0 atom stereocenters. The molecule has 316 valence electrons. The van der Waals surface area contributed by atoms with Gasteiger partial charge in [0.05, 0.1) is 49.8 Å². The van der Waals surface area contributed by atoms with E-state index >= 15 is 0 Å². The molecule has 8 aromatic heterocycles. The SMILES string of the molecule is N#Cc1c(-n2c3ccccc3c3c4ccccc4oc32)c(-c2ccncc2)c(-n2c3ccccc3c3c4ccccc4oc32)c(-c2ccncc2)c1-n1c2ccccc2c2c3ccccc3oc21. The van der Waals surface area contributed by atoms with Gasteiger partial charge in [-0.15, -0.1) is 0 Å². The molecule has 9 heteroatoms. The molecule has 7 aromatic carbocycles. The molecule has 15 rings (SSSR count). The van der Waals surface area contributed by atoms with Crippen LogP contribution >= 0.6 is 0 Å². The number of fused-ring (bicyclic) bond motifs is 15. The van der Waals surface area contributed by atoms with Gasteiger partial charge in [0, 0.05) is 68.2 Å². The van der Waals surface area contributed by atoms with Crippen LogP contribution in [0.2, 0.25) is 0 Å². The van der Waals surface area contributed by atoms with E-state index in [0.29, 0.717) is 34.1 Å². The Hall–Kier alpha value is -9.65. The third-order valence-electron chi connectivity index (χ3n) is 13.7. The van der Waals surface area contributed by atoms with Crippen molar-refractivity contribution < 1.29 is 13.3 Å². The van der Waals surface area contributed by atoms with Crippen LogP contribution in [0.15, 0.2) is 208 Å². The second-order valence-electron chi connectivity index (χ2n) is 17.1. The molecule has 68 heavy (non-hydrogen) atoms.